The van der Waals surface area contributed by atoms with Crippen molar-refractivity contribution in [1.29, 1.82) is 5.26 Å². The molecule has 1 aromatic carbocycles. The van der Waals surface area contributed by atoms with Gasteiger partial charge in [0.1, 0.15) is 6.34 Å². The van der Waals surface area contributed by atoms with Crippen LogP contribution in [0, 0.1) is 17.2 Å². The number of Topliss-reactive ketones (excluding diaryl/α,β-unsaturated/α-hetero) is 1. The fourth-order valence-electron chi connectivity index (χ4n) is 3.97. The summed E-state index contributed by atoms with van der Waals surface area (Å²) in [5.74, 6) is 3.60. The summed E-state index contributed by atoms with van der Waals surface area (Å²) in [6, 6.07) is 5.99. The molecule has 1 heterocycles. The molecular weight excluding hydrogens is 434 g/mol. The van der Waals surface area contributed by atoms with Crippen LogP contribution in [0.2, 0.25) is 0 Å². The summed E-state index contributed by atoms with van der Waals surface area (Å²) in [4.78, 5) is 27.4. The molecule has 1 aliphatic heterocycles. The molecule has 2 fully saturated rings. The normalized spacial score (nSPS) is 26.3. The highest BCUT2D eigenvalue weighted by Gasteiger charge is 2.61. The first-order chi connectivity index (χ1) is 15.1. The zero-order chi connectivity index (χ0) is 23.5. The number of hydrogen-bond acceptors (Lipinski definition) is 8. The van der Waals surface area contributed by atoms with Crippen LogP contribution < -0.4 is 21.6 Å². The number of nitrogens with two attached hydrogens (primary N) is 2. The lowest BCUT2D eigenvalue weighted by molar-refractivity contribution is -0.128. The number of piperidine rings is 1. The van der Waals surface area contributed by atoms with Crippen LogP contribution in [-0.2, 0) is 19.6 Å². The molecule has 0 spiro atoms. The van der Waals surface area contributed by atoms with Gasteiger partial charge in [0.2, 0.25) is 15.9 Å². The highest BCUT2D eigenvalue weighted by Crippen LogP contribution is 2.43. The van der Waals surface area contributed by atoms with Crippen molar-refractivity contribution >= 4 is 28.1 Å². The first-order valence-electron chi connectivity index (χ1n) is 10.2. The van der Waals surface area contributed by atoms with Crippen molar-refractivity contribution < 1.29 is 18.0 Å². The van der Waals surface area contributed by atoms with Crippen molar-refractivity contribution in [3.05, 3.63) is 29.8 Å². The van der Waals surface area contributed by atoms with Crippen molar-refractivity contribution in [1.82, 2.24) is 14.9 Å². The Morgan fingerprint density at radius 2 is 2.06 bits per heavy atom. The van der Waals surface area contributed by atoms with E-state index in [0.29, 0.717) is 12.1 Å². The number of carbonyl (C=O) groups is 2. The van der Waals surface area contributed by atoms with E-state index in [0.717, 1.165) is 19.4 Å². The summed E-state index contributed by atoms with van der Waals surface area (Å²) >= 11 is 0. The van der Waals surface area contributed by atoms with E-state index in [2.05, 4.69) is 15.1 Å². The van der Waals surface area contributed by atoms with Crippen LogP contribution in [0.3, 0.4) is 0 Å². The quantitative estimate of drug-likeness (QED) is 0.164. The monoisotopic (exact) mass is 461 g/mol. The van der Waals surface area contributed by atoms with Gasteiger partial charge in [0.15, 0.2) is 5.78 Å². The average Bonchev–Trinajstić information content (AvgIpc) is 3.46. The van der Waals surface area contributed by atoms with E-state index < -0.39 is 33.3 Å². The molecule has 2 unspecified atom stereocenters. The van der Waals surface area contributed by atoms with Gasteiger partial charge in [-0.05, 0) is 50.5 Å². The SMILES string of the molecule is C[C@H](NS(=O)(=O)c1ccc(C#N)cc1)C(=O)C1(N)C[C@@H]1C(=O)NC1CCCN(C=NN)C1. The largest absolute Gasteiger partial charge is 0.359 e. The Hall–Kier alpha value is -3.01. The van der Waals surface area contributed by atoms with Crippen LogP contribution in [0.5, 0.6) is 0 Å². The maximum Gasteiger partial charge on any atom is 0.241 e. The second kappa shape index (κ2) is 9.23. The third-order valence-electron chi connectivity index (χ3n) is 5.83. The molecule has 11 nitrogen and oxygen atoms in total. The van der Waals surface area contributed by atoms with Crippen molar-refractivity contribution in [2.24, 2.45) is 22.6 Å². The molecule has 1 saturated heterocycles. The Morgan fingerprint density at radius 1 is 1.38 bits per heavy atom. The number of hydrazone groups is 1. The number of benzene rings is 1. The van der Waals surface area contributed by atoms with E-state index in [9.17, 15) is 18.0 Å². The van der Waals surface area contributed by atoms with Gasteiger partial charge in [-0.2, -0.15) is 10.4 Å². The third-order valence-corrected chi connectivity index (χ3v) is 7.38. The Balaban J connectivity index is 1.58. The van der Waals surface area contributed by atoms with Crippen LogP contribution in [-0.4, -0.2) is 62.1 Å². The number of nitriles is 1. The lowest BCUT2D eigenvalue weighted by atomic mass is 10.0. The Morgan fingerprint density at radius 3 is 2.69 bits per heavy atom. The van der Waals surface area contributed by atoms with Crippen molar-refractivity contribution in [3.63, 3.8) is 0 Å². The van der Waals surface area contributed by atoms with Crippen LogP contribution in [0.4, 0.5) is 0 Å². The van der Waals surface area contributed by atoms with Crippen molar-refractivity contribution in [2.75, 3.05) is 13.1 Å². The number of carbonyl (C=O) groups excluding carboxylic acids is 2. The molecule has 2 aliphatic rings. The van der Waals surface area contributed by atoms with Crippen LogP contribution in [0.15, 0.2) is 34.3 Å². The summed E-state index contributed by atoms with van der Waals surface area (Å²) < 4.78 is 27.4. The number of ketones is 1. The molecule has 12 heteroatoms. The van der Waals surface area contributed by atoms with Gasteiger partial charge in [-0.1, -0.05) is 0 Å². The maximum absolute atomic E-state index is 12.9. The molecule has 0 radical (unpaired) electrons. The number of amides is 1. The number of sulfonamides is 1. The standard InChI is InChI=1S/C20H27N7O4S/c1-13(26-32(30,31)16-6-4-14(10-21)5-7-16)18(28)20(22)9-17(20)19(29)25-15-3-2-8-27(11-15)12-24-23/h4-7,12-13,15,17,26H,2-3,8-9,11,22-23H2,1H3,(H,25,29)/t13-,15?,17+,20?/m0/s1. The number of nitrogens with one attached hydrogen (secondary N) is 2. The van der Waals surface area contributed by atoms with Gasteiger partial charge in [0.25, 0.3) is 0 Å². The van der Waals surface area contributed by atoms with Gasteiger partial charge in [0.05, 0.1) is 34.0 Å². The van der Waals surface area contributed by atoms with E-state index in [-0.39, 0.29) is 23.3 Å². The average molecular weight is 462 g/mol. The minimum absolute atomic E-state index is 0.0739. The Labute approximate surface area is 186 Å². The molecule has 4 atom stereocenters. The molecular formula is C20H27N7O4S. The van der Waals surface area contributed by atoms with E-state index in [1.807, 2.05) is 11.0 Å². The summed E-state index contributed by atoms with van der Waals surface area (Å²) in [5, 5.41) is 15.3. The number of rotatable bonds is 8. The van der Waals surface area contributed by atoms with Crippen molar-refractivity contribution in [3.8, 4) is 6.07 Å². The predicted molar refractivity (Wildman–Crippen MR) is 116 cm³/mol. The Kier molecular flexibility index (Phi) is 6.82. The summed E-state index contributed by atoms with van der Waals surface area (Å²) in [7, 11) is -4.00. The van der Waals surface area contributed by atoms with Gasteiger partial charge < -0.3 is 21.8 Å². The minimum Gasteiger partial charge on any atom is -0.359 e. The molecule has 1 aromatic rings. The van der Waals surface area contributed by atoms with Gasteiger partial charge in [-0.15, -0.1) is 0 Å². The van der Waals surface area contributed by atoms with E-state index >= 15 is 0 Å². The summed E-state index contributed by atoms with van der Waals surface area (Å²) in [6.45, 7) is 2.76. The van der Waals surface area contributed by atoms with Gasteiger partial charge in [-0.25, -0.2) is 13.1 Å². The molecule has 32 heavy (non-hydrogen) atoms. The lowest BCUT2D eigenvalue weighted by Gasteiger charge is -2.31. The zero-order valence-electron chi connectivity index (χ0n) is 17.7. The van der Waals surface area contributed by atoms with E-state index in [1.54, 1.807) is 0 Å². The second-order valence-corrected chi connectivity index (χ2v) is 9.96. The lowest BCUT2D eigenvalue weighted by Crippen LogP contribution is -2.52. The topological polar surface area (TPSA) is 184 Å². The molecule has 0 aromatic heterocycles. The molecule has 1 saturated carbocycles. The number of hydrogen-bond donors (Lipinski definition) is 4. The van der Waals surface area contributed by atoms with Crippen LogP contribution in [0.25, 0.3) is 0 Å². The summed E-state index contributed by atoms with van der Waals surface area (Å²) in [6.07, 6.45) is 3.33. The maximum atomic E-state index is 12.9. The molecule has 1 aliphatic carbocycles. The first-order valence-corrected chi connectivity index (χ1v) is 11.7. The van der Waals surface area contributed by atoms with Gasteiger partial charge >= 0.3 is 0 Å². The highest BCUT2D eigenvalue weighted by molar-refractivity contribution is 7.89. The Bertz CT molecular complexity index is 1050. The zero-order valence-corrected chi connectivity index (χ0v) is 18.5. The number of likely N-dealkylation sites (tertiary alicyclic amines) is 1. The minimum atomic E-state index is -4.00. The smallest absolute Gasteiger partial charge is 0.241 e. The van der Waals surface area contributed by atoms with Crippen LogP contribution in [0.1, 0.15) is 31.7 Å². The molecule has 3 rings (SSSR count). The third kappa shape index (κ3) is 5.07. The summed E-state index contributed by atoms with van der Waals surface area (Å²) in [5.41, 5.74) is 5.09. The highest BCUT2D eigenvalue weighted by atomic mass is 32.2. The van der Waals surface area contributed by atoms with E-state index in [4.69, 9.17) is 16.8 Å². The second-order valence-electron chi connectivity index (χ2n) is 8.25. The fourth-order valence-corrected chi connectivity index (χ4v) is 5.17. The molecule has 1 amide bonds. The molecule has 6 N–H and O–H groups in total. The fraction of sp³-hybridized carbons (Fsp3) is 0.500. The van der Waals surface area contributed by atoms with Gasteiger partial charge in [-0.3, -0.25) is 9.59 Å². The molecule has 0 bridgehead atoms. The van der Waals surface area contributed by atoms with Gasteiger partial charge in [0, 0.05) is 19.1 Å². The predicted octanol–water partition coefficient (Wildman–Crippen LogP) is -1.01. The van der Waals surface area contributed by atoms with Crippen molar-refractivity contribution in [2.45, 2.75) is 48.7 Å². The van der Waals surface area contributed by atoms with E-state index in [1.165, 1.54) is 37.5 Å². The first kappa shape index (κ1) is 23.6. The number of nitrogens with zero attached hydrogens (tertiary/aromatic N) is 3. The van der Waals surface area contributed by atoms with Crippen LogP contribution >= 0.6 is 0 Å². The molecule has 172 valence electrons.